The predicted octanol–water partition coefficient (Wildman–Crippen LogP) is 7.24. The highest BCUT2D eigenvalue weighted by Gasteiger charge is 2.37. The van der Waals surface area contributed by atoms with Gasteiger partial charge in [-0.25, -0.2) is 15.0 Å². The van der Waals surface area contributed by atoms with Gasteiger partial charge in [-0.3, -0.25) is 14.4 Å². The smallest absolute Gasteiger partial charge is 0.310 e. The summed E-state index contributed by atoms with van der Waals surface area (Å²) in [5.41, 5.74) is 4.04. The molecule has 0 spiro atoms. The highest BCUT2D eigenvalue weighted by Crippen LogP contribution is 2.33. The molecule has 2 aromatic heterocycles. The van der Waals surface area contributed by atoms with Crippen LogP contribution in [0.15, 0.2) is 59.9 Å². The molecule has 1 unspecified atom stereocenters. The Morgan fingerprint density at radius 3 is 2.31 bits per heavy atom. The first-order valence-corrected chi connectivity index (χ1v) is 16.7. The maximum atomic E-state index is 13.4. The number of thiophene rings is 1. The van der Waals surface area contributed by atoms with Gasteiger partial charge in [-0.15, -0.1) is 11.3 Å². The highest BCUT2D eigenvalue weighted by atomic mass is 32.1. The van der Waals surface area contributed by atoms with Crippen LogP contribution in [0.4, 0.5) is 0 Å². The summed E-state index contributed by atoms with van der Waals surface area (Å²) in [5.74, 6) is -1.00. The Morgan fingerprint density at radius 2 is 1.73 bits per heavy atom. The minimum atomic E-state index is -0.931. The summed E-state index contributed by atoms with van der Waals surface area (Å²) in [6.07, 6.45) is 13.6. The molecule has 1 fully saturated rings. The number of carbonyl (C=O) groups excluding carboxylic acids is 2. The zero-order valence-electron chi connectivity index (χ0n) is 26.6. The van der Waals surface area contributed by atoms with E-state index in [4.69, 9.17) is 0 Å². The van der Waals surface area contributed by atoms with Crippen LogP contribution in [-0.2, 0) is 21.4 Å². The Morgan fingerprint density at radius 1 is 1.02 bits per heavy atom. The van der Waals surface area contributed by atoms with E-state index in [1.807, 2.05) is 42.7 Å². The second kappa shape index (κ2) is 14.0. The zero-order valence-corrected chi connectivity index (χ0v) is 27.4. The van der Waals surface area contributed by atoms with Crippen molar-refractivity contribution in [3.05, 3.63) is 75.7 Å². The average Bonchev–Trinajstić information content (AvgIpc) is 3.51. The second-order valence-corrected chi connectivity index (χ2v) is 14.3. The summed E-state index contributed by atoms with van der Waals surface area (Å²) < 4.78 is 0. The zero-order chi connectivity index (χ0) is 32.1. The van der Waals surface area contributed by atoms with Crippen LogP contribution in [0.2, 0.25) is 0 Å². The van der Waals surface area contributed by atoms with Gasteiger partial charge in [-0.2, -0.15) is 0 Å². The van der Waals surface area contributed by atoms with Gasteiger partial charge in [-0.05, 0) is 53.9 Å². The fourth-order valence-electron chi connectivity index (χ4n) is 5.69. The molecule has 0 saturated carbocycles. The van der Waals surface area contributed by atoms with Crippen molar-refractivity contribution in [3.8, 4) is 11.4 Å². The molecule has 3 aromatic rings. The molecule has 236 valence electrons. The summed E-state index contributed by atoms with van der Waals surface area (Å²) in [6.45, 7) is 8.70. The number of carboxylic acids is 1. The number of carbonyl (C=O) groups is 3. The van der Waals surface area contributed by atoms with E-state index >= 15 is 0 Å². The number of carboxylic acid groups (broad SMARTS) is 1. The van der Waals surface area contributed by atoms with Gasteiger partial charge in [-0.1, -0.05) is 77.3 Å². The van der Waals surface area contributed by atoms with Gasteiger partial charge < -0.3 is 10.0 Å². The van der Waals surface area contributed by atoms with Crippen molar-refractivity contribution in [1.82, 2.24) is 14.9 Å². The van der Waals surface area contributed by atoms with Crippen LogP contribution in [0.3, 0.4) is 0 Å². The van der Waals surface area contributed by atoms with Gasteiger partial charge in [0.1, 0.15) is 5.71 Å². The number of allylic oxidation sites excluding steroid dienone is 2. The Labute approximate surface area is 269 Å². The molecular weight excluding hydrogens is 584 g/mol. The third kappa shape index (κ3) is 8.00. The van der Waals surface area contributed by atoms with E-state index in [0.717, 1.165) is 40.3 Å². The van der Waals surface area contributed by atoms with Crippen molar-refractivity contribution >= 4 is 40.4 Å². The maximum Gasteiger partial charge on any atom is 0.310 e. The van der Waals surface area contributed by atoms with Gasteiger partial charge in [0.05, 0.1) is 10.8 Å². The van der Waals surface area contributed by atoms with Gasteiger partial charge in [0.15, 0.2) is 5.82 Å². The van der Waals surface area contributed by atoms with E-state index in [9.17, 15) is 19.5 Å². The summed E-state index contributed by atoms with van der Waals surface area (Å²) >= 11 is 1.38. The van der Waals surface area contributed by atoms with Crippen LogP contribution in [0.1, 0.15) is 91.9 Å². The Balaban J connectivity index is 1.29. The van der Waals surface area contributed by atoms with Gasteiger partial charge >= 0.3 is 5.97 Å². The summed E-state index contributed by atoms with van der Waals surface area (Å²) in [5, 5.41) is 9.27. The molecule has 3 heterocycles. The molecule has 9 heteroatoms. The SMILES string of the molecule is CCCCC1CC=C(c2cnc(-c3ccc(CC(=NC(=O)c4ccc(C(C)(C)C)s4)C(=O)N4CC(C(=O)O)C4)cc3)nc2)CC1. The first-order chi connectivity index (χ1) is 21.5. The minimum absolute atomic E-state index is 0.0978. The number of nitrogens with zero attached hydrogens (tertiary/aromatic N) is 4. The largest absolute Gasteiger partial charge is 0.481 e. The lowest BCUT2D eigenvalue weighted by Gasteiger charge is -2.36. The number of hydrogen-bond acceptors (Lipinski definition) is 6. The van der Waals surface area contributed by atoms with Crippen molar-refractivity contribution in [2.24, 2.45) is 16.8 Å². The number of aromatic nitrogens is 2. The van der Waals surface area contributed by atoms with Crippen molar-refractivity contribution in [2.75, 3.05) is 13.1 Å². The standard InChI is InChI=1S/C36H42N4O4S/c1-5-6-7-23-8-12-25(13-9-23)27-19-37-32(38-20-27)26-14-10-24(11-15-26)18-29(34(42)40-21-28(22-40)35(43)44)39-33(41)30-16-17-31(45-30)36(2,3)4/h10-12,14-17,19-20,23,28H,5-9,13,18,21-22H2,1-4H3,(H,43,44). The number of aliphatic imine (C=N–C) groups is 1. The summed E-state index contributed by atoms with van der Waals surface area (Å²) in [6, 6.07) is 11.3. The number of likely N-dealkylation sites (tertiary alicyclic amines) is 1. The monoisotopic (exact) mass is 626 g/mol. The minimum Gasteiger partial charge on any atom is -0.481 e. The Kier molecular flexibility index (Phi) is 10.1. The van der Waals surface area contributed by atoms with Crippen LogP contribution >= 0.6 is 11.3 Å². The maximum absolute atomic E-state index is 13.4. The van der Waals surface area contributed by atoms with E-state index in [1.54, 1.807) is 6.07 Å². The van der Waals surface area contributed by atoms with Crippen molar-refractivity contribution in [1.29, 1.82) is 0 Å². The van der Waals surface area contributed by atoms with E-state index in [0.29, 0.717) is 10.7 Å². The molecular formula is C36H42N4O4S. The van der Waals surface area contributed by atoms with Crippen molar-refractivity contribution < 1.29 is 19.5 Å². The van der Waals surface area contributed by atoms with Gasteiger partial charge in [0, 0.05) is 47.9 Å². The molecule has 1 atom stereocenters. The molecule has 1 saturated heterocycles. The van der Waals surface area contributed by atoms with Crippen LogP contribution in [0.25, 0.3) is 17.0 Å². The van der Waals surface area contributed by atoms with Crippen LogP contribution < -0.4 is 0 Å². The molecule has 1 N–H and O–H groups in total. The van der Waals surface area contributed by atoms with Crippen LogP contribution in [-0.4, -0.2) is 56.6 Å². The quantitative estimate of drug-likeness (QED) is 0.237. The molecule has 1 aliphatic heterocycles. The highest BCUT2D eigenvalue weighted by molar-refractivity contribution is 7.14. The van der Waals surface area contributed by atoms with Crippen LogP contribution in [0, 0.1) is 11.8 Å². The van der Waals surface area contributed by atoms with Crippen molar-refractivity contribution in [3.63, 3.8) is 0 Å². The molecule has 0 radical (unpaired) electrons. The molecule has 1 aromatic carbocycles. The lowest BCUT2D eigenvalue weighted by atomic mass is 9.84. The topological polar surface area (TPSA) is 113 Å². The van der Waals surface area contributed by atoms with E-state index in [1.165, 1.54) is 47.5 Å². The summed E-state index contributed by atoms with van der Waals surface area (Å²) in [4.78, 5) is 54.4. The Hall–Kier alpha value is -3.98. The van der Waals surface area contributed by atoms with Crippen molar-refractivity contribution in [2.45, 2.75) is 78.1 Å². The van der Waals surface area contributed by atoms with Gasteiger partial charge in [0.25, 0.3) is 11.8 Å². The fourth-order valence-corrected chi connectivity index (χ4v) is 6.64. The lowest BCUT2D eigenvalue weighted by Crippen LogP contribution is -2.55. The van der Waals surface area contributed by atoms with E-state index in [-0.39, 0.29) is 30.6 Å². The third-order valence-electron chi connectivity index (χ3n) is 8.65. The number of rotatable bonds is 10. The van der Waals surface area contributed by atoms with E-state index < -0.39 is 23.7 Å². The number of unbranched alkanes of at least 4 members (excludes halogenated alkanes) is 1. The second-order valence-electron chi connectivity index (χ2n) is 13.2. The normalized spacial score (nSPS) is 17.5. The fraction of sp³-hybridized carbons (Fsp3) is 0.444. The molecule has 8 nitrogen and oxygen atoms in total. The summed E-state index contributed by atoms with van der Waals surface area (Å²) in [7, 11) is 0. The molecule has 2 amide bonds. The first-order valence-electron chi connectivity index (χ1n) is 15.9. The number of benzene rings is 1. The molecule has 0 bridgehead atoms. The lowest BCUT2D eigenvalue weighted by molar-refractivity contribution is -0.150. The molecule has 45 heavy (non-hydrogen) atoms. The number of hydrogen-bond donors (Lipinski definition) is 1. The van der Waals surface area contributed by atoms with Crippen LogP contribution in [0.5, 0.6) is 0 Å². The molecule has 1 aliphatic carbocycles. The number of aliphatic carboxylic acids is 1. The first kappa shape index (κ1) is 32.4. The predicted molar refractivity (Wildman–Crippen MR) is 179 cm³/mol. The Bertz CT molecular complexity index is 1590. The van der Waals surface area contributed by atoms with E-state index in [2.05, 4.69) is 48.7 Å². The number of amides is 2. The third-order valence-corrected chi connectivity index (χ3v) is 10.1. The van der Waals surface area contributed by atoms with Gasteiger partial charge in [0.2, 0.25) is 0 Å². The molecule has 2 aliphatic rings. The average molecular weight is 627 g/mol. The molecule has 5 rings (SSSR count).